The summed E-state index contributed by atoms with van der Waals surface area (Å²) in [5.41, 5.74) is -3.09. The molecule has 3 heterocycles. The Labute approximate surface area is 253 Å². The maximum Gasteiger partial charge on any atom is 0.416 e. The van der Waals surface area contributed by atoms with E-state index in [-0.39, 0.29) is 36.4 Å². The first-order valence-corrected chi connectivity index (χ1v) is 14.9. The summed E-state index contributed by atoms with van der Waals surface area (Å²) < 4.78 is 79.4. The molecule has 5 rings (SSSR count). The molecule has 0 radical (unpaired) electrons. The van der Waals surface area contributed by atoms with E-state index >= 15 is 8.78 Å². The Kier molecular flexibility index (Phi) is 8.71. The van der Waals surface area contributed by atoms with E-state index in [0.29, 0.717) is 26.1 Å². The molecule has 44 heavy (non-hydrogen) atoms. The molecule has 13 heteroatoms. The van der Waals surface area contributed by atoms with E-state index in [1.807, 2.05) is 27.8 Å². The smallest absolute Gasteiger partial charge is 0.416 e. The lowest BCUT2D eigenvalue weighted by Crippen LogP contribution is -2.55. The van der Waals surface area contributed by atoms with Crippen molar-refractivity contribution in [1.82, 2.24) is 15.1 Å². The number of piperazine rings is 1. The van der Waals surface area contributed by atoms with Crippen molar-refractivity contribution in [1.29, 1.82) is 0 Å². The molecule has 0 unspecified atom stereocenters. The highest BCUT2D eigenvalue weighted by atomic mass is 19.4. The minimum absolute atomic E-state index is 0.0173. The topological polar surface area (TPSA) is 77.1 Å². The maximum atomic E-state index is 16.6. The van der Waals surface area contributed by atoms with Crippen molar-refractivity contribution >= 4 is 28.9 Å². The fraction of sp³-hybridized carbons (Fsp3) is 0.548. The van der Waals surface area contributed by atoms with Crippen LogP contribution < -0.4 is 15.5 Å². The van der Waals surface area contributed by atoms with Crippen LogP contribution >= 0.6 is 0 Å². The predicted octanol–water partition coefficient (Wildman–Crippen LogP) is 5.58. The van der Waals surface area contributed by atoms with Crippen molar-refractivity contribution in [2.24, 2.45) is 0 Å². The number of nitrogens with one attached hydrogen (secondary N) is 2. The maximum absolute atomic E-state index is 16.6. The number of benzene rings is 1. The van der Waals surface area contributed by atoms with Crippen molar-refractivity contribution in [3.8, 4) is 0 Å². The highest BCUT2D eigenvalue weighted by Gasteiger charge is 2.41. The summed E-state index contributed by atoms with van der Waals surface area (Å²) >= 11 is 0. The zero-order chi connectivity index (χ0) is 32.0. The van der Waals surface area contributed by atoms with Gasteiger partial charge in [-0.25, -0.2) is 13.6 Å². The third-order valence-electron chi connectivity index (χ3n) is 9.12. The lowest BCUT2D eigenvalue weighted by atomic mass is 9.82. The van der Waals surface area contributed by atoms with Crippen LogP contribution in [0.15, 0.2) is 35.6 Å². The van der Waals surface area contributed by atoms with Gasteiger partial charge in [-0.05, 0) is 59.1 Å². The number of amides is 2. The number of anilines is 2. The number of carbonyl (C=O) groups is 2. The minimum atomic E-state index is -4.82. The van der Waals surface area contributed by atoms with Crippen LogP contribution in [-0.2, 0) is 9.53 Å². The Morgan fingerprint density at radius 1 is 1.11 bits per heavy atom. The fourth-order valence-electron chi connectivity index (χ4n) is 6.15. The second-order valence-electron chi connectivity index (χ2n) is 12.4. The van der Waals surface area contributed by atoms with Crippen molar-refractivity contribution in [3.63, 3.8) is 0 Å². The van der Waals surface area contributed by atoms with Crippen LogP contribution in [0.3, 0.4) is 0 Å². The van der Waals surface area contributed by atoms with Crippen molar-refractivity contribution < 1.29 is 36.3 Å². The summed E-state index contributed by atoms with van der Waals surface area (Å²) in [6.07, 6.45) is 0.761. The standard InChI is InChI=1S/C31H38F5N5O3/c1-18-15-41(16-19(2)39(18)4)24-13-23(32)25(20-7-5-12-40(17-20)29(43)44-30(3)9-6-10-30)26(33)27(24)38-28(42)21-14-37-11-8-22(21)31(34,35)36/h7-8,13-14,18-19,37H,5-6,9-12,15-17H2,1-4H3,(H,38,42)/t18-,19+. The molecule has 2 N–H and O–H groups in total. The van der Waals surface area contributed by atoms with Crippen molar-refractivity contribution in [2.75, 3.05) is 50.0 Å². The second kappa shape index (κ2) is 12.1. The Morgan fingerprint density at radius 3 is 2.41 bits per heavy atom. The number of hydrogen-bond donors (Lipinski definition) is 2. The van der Waals surface area contributed by atoms with Gasteiger partial charge in [0.2, 0.25) is 0 Å². The Balaban J connectivity index is 1.51. The number of halogens is 5. The first kappa shape index (κ1) is 31.8. The lowest BCUT2D eigenvalue weighted by Gasteiger charge is -2.44. The number of likely N-dealkylation sites (N-methyl/N-ethyl adjacent to an activating group) is 1. The zero-order valence-corrected chi connectivity index (χ0v) is 25.3. The highest BCUT2D eigenvalue weighted by molar-refractivity contribution is 6.09. The minimum Gasteiger partial charge on any atom is -0.443 e. The molecule has 0 aromatic heterocycles. The lowest BCUT2D eigenvalue weighted by molar-refractivity contribution is -0.115. The molecule has 1 saturated carbocycles. The number of rotatable bonds is 5. The second-order valence-corrected chi connectivity index (χ2v) is 12.4. The van der Waals surface area contributed by atoms with Gasteiger partial charge in [0.15, 0.2) is 5.82 Å². The van der Waals surface area contributed by atoms with E-state index in [2.05, 4.69) is 15.5 Å². The van der Waals surface area contributed by atoms with Gasteiger partial charge in [-0.3, -0.25) is 9.69 Å². The average Bonchev–Trinajstić information content (AvgIpc) is 2.95. The Morgan fingerprint density at radius 2 is 1.80 bits per heavy atom. The summed E-state index contributed by atoms with van der Waals surface area (Å²) in [6.45, 7) is 6.51. The third kappa shape index (κ3) is 6.29. The largest absolute Gasteiger partial charge is 0.443 e. The van der Waals surface area contributed by atoms with E-state index in [0.717, 1.165) is 37.6 Å². The number of carbonyl (C=O) groups excluding carboxylic acids is 2. The van der Waals surface area contributed by atoms with Gasteiger partial charge in [0.05, 0.1) is 22.4 Å². The highest BCUT2D eigenvalue weighted by Crippen LogP contribution is 2.41. The van der Waals surface area contributed by atoms with E-state index in [4.69, 9.17) is 4.74 Å². The number of ether oxygens (including phenoxy) is 1. The summed E-state index contributed by atoms with van der Waals surface area (Å²) in [6, 6.07) is 1.08. The third-order valence-corrected chi connectivity index (χ3v) is 9.12. The molecule has 240 valence electrons. The molecule has 3 aliphatic heterocycles. The van der Waals surface area contributed by atoms with Gasteiger partial charge in [-0.1, -0.05) is 12.2 Å². The number of alkyl halides is 3. The normalized spacial score (nSPS) is 24.0. The van der Waals surface area contributed by atoms with Crippen LogP contribution in [0.25, 0.3) is 5.57 Å². The van der Waals surface area contributed by atoms with Gasteiger partial charge < -0.3 is 25.2 Å². The fourth-order valence-corrected chi connectivity index (χ4v) is 6.15. The van der Waals surface area contributed by atoms with Gasteiger partial charge >= 0.3 is 12.3 Å². The summed E-state index contributed by atoms with van der Waals surface area (Å²) in [7, 11) is 1.94. The molecule has 1 saturated heterocycles. The van der Waals surface area contributed by atoms with Gasteiger partial charge in [-0.2, -0.15) is 13.2 Å². The quantitative estimate of drug-likeness (QED) is 0.418. The first-order valence-electron chi connectivity index (χ1n) is 14.9. The van der Waals surface area contributed by atoms with E-state index in [1.54, 1.807) is 11.0 Å². The molecule has 2 atom stereocenters. The molecule has 2 fully saturated rings. The van der Waals surface area contributed by atoms with Crippen LogP contribution in [0.5, 0.6) is 0 Å². The van der Waals surface area contributed by atoms with E-state index in [1.165, 1.54) is 4.90 Å². The molecule has 0 spiro atoms. The first-order chi connectivity index (χ1) is 20.7. The van der Waals surface area contributed by atoms with E-state index < -0.39 is 57.8 Å². The number of dihydropyridines is 1. The van der Waals surface area contributed by atoms with Crippen LogP contribution in [-0.4, -0.2) is 85.4 Å². The predicted molar refractivity (Wildman–Crippen MR) is 157 cm³/mol. The Bertz CT molecular complexity index is 1410. The van der Waals surface area contributed by atoms with Gasteiger partial charge in [-0.15, -0.1) is 0 Å². The molecular weight excluding hydrogens is 585 g/mol. The summed E-state index contributed by atoms with van der Waals surface area (Å²) in [5.74, 6) is -3.22. The van der Waals surface area contributed by atoms with Gasteiger partial charge in [0.1, 0.15) is 17.1 Å². The zero-order valence-electron chi connectivity index (χ0n) is 25.3. The molecule has 0 bridgehead atoms. The van der Waals surface area contributed by atoms with Crippen molar-refractivity contribution in [2.45, 2.75) is 70.3 Å². The van der Waals surface area contributed by atoms with Crippen LogP contribution in [0, 0.1) is 11.6 Å². The van der Waals surface area contributed by atoms with Gasteiger partial charge in [0, 0.05) is 57.1 Å². The number of nitrogens with zero attached hydrogens (tertiary/aromatic N) is 3. The molecule has 1 aromatic carbocycles. The summed E-state index contributed by atoms with van der Waals surface area (Å²) in [4.78, 5) is 31.5. The molecule has 8 nitrogen and oxygen atoms in total. The average molecular weight is 624 g/mol. The summed E-state index contributed by atoms with van der Waals surface area (Å²) in [5, 5.41) is 4.96. The van der Waals surface area contributed by atoms with E-state index in [9.17, 15) is 22.8 Å². The SMILES string of the molecule is C[C@@H]1CN(c2cc(F)c(C3=CCCN(C(=O)OC4(C)CCC4)C3)c(F)c2NC(=O)C2=CNCC=C2C(F)(F)F)C[C@H](C)N1C. The Hall–Kier alpha value is -3.61. The molecule has 1 aliphatic carbocycles. The number of hydrogen-bond acceptors (Lipinski definition) is 6. The molecule has 4 aliphatic rings. The van der Waals surface area contributed by atoms with Crippen molar-refractivity contribution in [3.05, 3.63) is 52.8 Å². The molecular formula is C31H38F5N5O3. The molecule has 1 aromatic rings. The molecule has 2 amide bonds. The monoisotopic (exact) mass is 623 g/mol. The van der Waals surface area contributed by atoms with Crippen LogP contribution in [0.4, 0.5) is 38.1 Å². The van der Waals surface area contributed by atoms with Crippen LogP contribution in [0.2, 0.25) is 0 Å². The van der Waals surface area contributed by atoms with Crippen LogP contribution in [0.1, 0.15) is 52.0 Å². The van der Waals surface area contributed by atoms with Gasteiger partial charge in [0.25, 0.3) is 5.91 Å².